The number of ketones is 1. The average molecular weight is 488 g/mol. The minimum absolute atomic E-state index is 0.0553. The molecule has 8 heteroatoms. The van der Waals surface area contributed by atoms with E-state index in [1.807, 2.05) is 6.92 Å². The summed E-state index contributed by atoms with van der Waals surface area (Å²) >= 11 is 0. The Kier molecular flexibility index (Phi) is 6.92. The predicted molar refractivity (Wildman–Crippen MR) is 129 cm³/mol. The molecule has 0 bridgehead atoms. The third-order valence-corrected chi connectivity index (χ3v) is 9.08. The number of rotatable bonds is 6. The molecule has 0 N–H and O–H groups in total. The highest BCUT2D eigenvalue weighted by molar-refractivity contribution is 7.89. The van der Waals surface area contributed by atoms with E-state index in [0.717, 1.165) is 37.7 Å². The van der Waals surface area contributed by atoms with Crippen LogP contribution in [0.3, 0.4) is 0 Å². The zero-order chi connectivity index (χ0) is 24.5. The standard InChI is InChI=1S/C26H33NO6S/c1-18-8-10-21(11-9-18)34(29,30)27-17-19(28)16-26(12-6-5-7-13-26)25(27)24-22(32-3)14-20(31-2)15-23(24)33-4/h8-11,14-15,25H,5-7,12-13,16-17H2,1-4H3/t25-/m1/s1. The average Bonchev–Trinajstić information content (AvgIpc) is 2.83. The fraction of sp³-hybridized carbons (Fsp3) is 0.500. The molecule has 0 amide bonds. The number of Topliss-reactive ketones (excluding diaryl/α,β-unsaturated/α-hetero) is 1. The Balaban J connectivity index is 1.97. The number of benzene rings is 2. The van der Waals surface area contributed by atoms with Crippen molar-refractivity contribution in [2.45, 2.75) is 56.4 Å². The summed E-state index contributed by atoms with van der Waals surface area (Å²) in [5.74, 6) is 1.48. The second kappa shape index (κ2) is 9.58. The Hall–Kier alpha value is -2.58. The SMILES string of the molecule is COc1cc(OC)c([C@H]2N(S(=O)(=O)c3ccc(C)cc3)CC(=O)CC23CCCCC3)c(OC)c1. The Morgan fingerprint density at radius 2 is 1.50 bits per heavy atom. The molecule has 0 aromatic heterocycles. The van der Waals surface area contributed by atoms with Gasteiger partial charge in [0, 0.05) is 18.6 Å². The van der Waals surface area contributed by atoms with Crippen LogP contribution in [0.1, 0.15) is 55.7 Å². The number of nitrogens with zero attached hydrogens (tertiary/aromatic N) is 1. The Morgan fingerprint density at radius 3 is 2.03 bits per heavy atom. The van der Waals surface area contributed by atoms with Crippen LogP contribution in [0, 0.1) is 12.3 Å². The van der Waals surface area contributed by atoms with Gasteiger partial charge in [0.1, 0.15) is 23.0 Å². The number of hydrogen-bond donors (Lipinski definition) is 0. The maximum absolute atomic E-state index is 14.0. The largest absolute Gasteiger partial charge is 0.496 e. The van der Waals surface area contributed by atoms with E-state index in [0.29, 0.717) is 29.2 Å². The summed E-state index contributed by atoms with van der Waals surface area (Å²) in [7, 11) is 0.687. The van der Waals surface area contributed by atoms with Crippen molar-refractivity contribution in [3.05, 3.63) is 47.5 Å². The van der Waals surface area contributed by atoms with Crippen molar-refractivity contribution in [3.8, 4) is 17.2 Å². The topological polar surface area (TPSA) is 82.1 Å². The van der Waals surface area contributed by atoms with E-state index < -0.39 is 21.5 Å². The third-order valence-electron chi connectivity index (χ3n) is 7.25. The van der Waals surface area contributed by atoms with Gasteiger partial charge in [-0.25, -0.2) is 8.42 Å². The smallest absolute Gasteiger partial charge is 0.244 e. The van der Waals surface area contributed by atoms with Gasteiger partial charge in [-0.2, -0.15) is 4.31 Å². The van der Waals surface area contributed by atoms with Crippen LogP contribution in [0.2, 0.25) is 0 Å². The van der Waals surface area contributed by atoms with Gasteiger partial charge in [0.25, 0.3) is 0 Å². The zero-order valence-electron chi connectivity index (χ0n) is 20.3. The van der Waals surface area contributed by atoms with Crippen molar-refractivity contribution in [1.82, 2.24) is 4.31 Å². The highest BCUT2D eigenvalue weighted by Gasteiger charge is 2.54. The van der Waals surface area contributed by atoms with E-state index in [1.165, 1.54) is 4.31 Å². The lowest BCUT2D eigenvalue weighted by Crippen LogP contribution is -2.53. The molecule has 1 spiro atoms. The molecule has 1 heterocycles. The number of carbonyl (C=O) groups is 1. The van der Waals surface area contributed by atoms with Crippen LogP contribution < -0.4 is 14.2 Å². The fourth-order valence-corrected chi connectivity index (χ4v) is 7.31. The van der Waals surface area contributed by atoms with Crippen LogP contribution >= 0.6 is 0 Å². The molecule has 4 rings (SSSR count). The second-order valence-electron chi connectivity index (χ2n) is 9.35. The van der Waals surface area contributed by atoms with Gasteiger partial charge in [-0.3, -0.25) is 4.79 Å². The molecular weight excluding hydrogens is 454 g/mol. The molecule has 0 unspecified atom stereocenters. The van der Waals surface area contributed by atoms with Crippen LogP contribution in [0.4, 0.5) is 0 Å². The van der Waals surface area contributed by atoms with Gasteiger partial charge >= 0.3 is 0 Å². The minimum Gasteiger partial charge on any atom is -0.496 e. The second-order valence-corrected chi connectivity index (χ2v) is 11.2. The summed E-state index contributed by atoms with van der Waals surface area (Å²) in [4.78, 5) is 13.3. The van der Waals surface area contributed by atoms with Gasteiger partial charge in [0.05, 0.1) is 44.4 Å². The lowest BCUT2D eigenvalue weighted by Gasteiger charge is -2.51. The van der Waals surface area contributed by atoms with Gasteiger partial charge in [0.2, 0.25) is 10.0 Å². The lowest BCUT2D eigenvalue weighted by molar-refractivity contribution is -0.129. The first kappa shape index (κ1) is 24.5. The van der Waals surface area contributed by atoms with E-state index >= 15 is 0 Å². The number of carbonyl (C=O) groups excluding carboxylic acids is 1. The summed E-state index contributed by atoms with van der Waals surface area (Å²) in [6, 6.07) is 9.67. The molecule has 0 radical (unpaired) electrons. The predicted octanol–water partition coefficient (Wildman–Crippen LogP) is 4.68. The van der Waals surface area contributed by atoms with Gasteiger partial charge in [0.15, 0.2) is 0 Å². The number of ether oxygens (including phenoxy) is 3. The van der Waals surface area contributed by atoms with Gasteiger partial charge in [-0.15, -0.1) is 0 Å². The van der Waals surface area contributed by atoms with Crippen LogP contribution in [-0.4, -0.2) is 46.4 Å². The summed E-state index contributed by atoms with van der Waals surface area (Å²) < 4.78 is 46.4. The normalized spacial score (nSPS) is 20.8. The monoisotopic (exact) mass is 487 g/mol. The van der Waals surface area contributed by atoms with Crippen molar-refractivity contribution < 1.29 is 27.4 Å². The summed E-state index contributed by atoms with van der Waals surface area (Å²) in [6.45, 7) is 1.73. The van der Waals surface area contributed by atoms with E-state index in [1.54, 1.807) is 57.7 Å². The number of methoxy groups -OCH3 is 3. The number of hydrogen-bond acceptors (Lipinski definition) is 6. The third kappa shape index (κ3) is 4.29. The maximum Gasteiger partial charge on any atom is 0.244 e. The number of piperidine rings is 1. The van der Waals surface area contributed by atoms with E-state index in [9.17, 15) is 13.2 Å². The molecule has 1 aliphatic heterocycles. The van der Waals surface area contributed by atoms with Crippen molar-refractivity contribution in [2.24, 2.45) is 5.41 Å². The first-order valence-corrected chi connectivity index (χ1v) is 13.1. The van der Waals surface area contributed by atoms with E-state index in [2.05, 4.69) is 0 Å². The van der Waals surface area contributed by atoms with Crippen molar-refractivity contribution in [2.75, 3.05) is 27.9 Å². The Labute approximate surface area is 202 Å². The quantitative estimate of drug-likeness (QED) is 0.589. The zero-order valence-corrected chi connectivity index (χ0v) is 21.1. The van der Waals surface area contributed by atoms with Crippen LogP contribution in [-0.2, 0) is 14.8 Å². The minimum atomic E-state index is -3.98. The van der Waals surface area contributed by atoms with Crippen LogP contribution in [0.5, 0.6) is 17.2 Å². The van der Waals surface area contributed by atoms with E-state index in [-0.39, 0.29) is 17.2 Å². The molecule has 1 atom stereocenters. The molecule has 1 saturated carbocycles. The molecule has 1 saturated heterocycles. The van der Waals surface area contributed by atoms with Crippen LogP contribution in [0.25, 0.3) is 0 Å². The van der Waals surface area contributed by atoms with Crippen LogP contribution in [0.15, 0.2) is 41.3 Å². The van der Waals surface area contributed by atoms with E-state index in [4.69, 9.17) is 14.2 Å². The number of sulfonamides is 1. The Morgan fingerprint density at radius 1 is 0.912 bits per heavy atom. The Bertz CT molecular complexity index is 1130. The first-order chi connectivity index (χ1) is 16.3. The summed E-state index contributed by atoms with van der Waals surface area (Å²) in [5, 5.41) is 0. The molecule has 2 aromatic rings. The summed E-state index contributed by atoms with van der Waals surface area (Å²) in [5.41, 5.74) is 1.09. The highest BCUT2D eigenvalue weighted by Crippen LogP contribution is 2.58. The lowest BCUT2D eigenvalue weighted by atomic mass is 9.62. The fourth-order valence-electron chi connectivity index (χ4n) is 5.64. The molecule has 2 aromatic carbocycles. The molecule has 34 heavy (non-hydrogen) atoms. The first-order valence-electron chi connectivity index (χ1n) is 11.7. The van der Waals surface area contributed by atoms with Crippen molar-refractivity contribution in [1.29, 1.82) is 0 Å². The molecule has 7 nitrogen and oxygen atoms in total. The maximum atomic E-state index is 14.0. The molecule has 1 aliphatic carbocycles. The highest BCUT2D eigenvalue weighted by atomic mass is 32.2. The summed E-state index contributed by atoms with van der Waals surface area (Å²) in [6.07, 6.45) is 4.84. The number of aryl methyl sites for hydroxylation is 1. The van der Waals surface area contributed by atoms with Gasteiger partial charge < -0.3 is 14.2 Å². The van der Waals surface area contributed by atoms with Gasteiger partial charge in [-0.05, 0) is 37.3 Å². The molecule has 184 valence electrons. The van der Waals surface area contributed by atoms with Crippen molar-refractivity contribution >= 4 is 15.8 Å². The molecular formula is C26H33NO6S. The van der Waals surface area contributed by atoms with Gasteiger partial charge in [-0.1, -0.05) is 37.0 Å². The molecule has 2 aliphatic rings. The molecule has 2 fully saturated rings. The van der Waals surface area contributed by atoms with Crippen molar-refractivity contribution in [3.63, 3.8) is 0 Å².